The molecule has 0 aliphatic heterocycles. The highest BCUT2D eigenvalue weighted by atomic mass is 19.1. The molecule has 0 heterocycles. The van der Waals surface area contributed by atoms with E-state index in [1.165, 1.54) is 33.5 Å². The molecule has 1 aromatic carbocycles. The molecule has 0 aromatic heterocycles. The van der Waals surface area contributed by atoms with E-state index in [0.29, 0.717) is 0 Å². The second-order valence-corrected chi connectivity index (χ2v) is 3.01. The molecule has 0 radical (unpaired) electrons. The molecule has 0 unspecified atom stereocenters. The average molecular weight is 228 g/mol. The zero-order chi connectivity index (χ0) is 12.1. The SMILES string of the molecule is COc1ccc(F)cc1C(=O)C(OC)OC. The summed E-state index contributed by atoms with van der Waals surface area (Å²) >= 11 is 0. The molecule has 0 aliphatic carbocycles. The van der Waals surface area contributed by atoms with Crippen LogP contribution in [0.3, 0.4) is 0 Å². The molecule has 1 rings (SSSR count). The Kier molecular flexibility index (Phi) is 4.39. The van der Waals surface area contributed by atoms with Crippen molar-refractivity contribution < 1.29 is 23.4 Å². The van der Waals surface area contributed by atoms with Gasteiger partial charge in [0.25, 0.3) is 0 Å². The molecule has 0 atom stereocenters. The van der Waals surface area contributed by atoms with Crippen molar-refractivity contribution in [2.75, 3.05) is 21.3 Å². The number of halogens is 1. The molecular formula is C11H13FO4. The first-order valence-electron chi connectivity index (χ1n) is 4.57. The van der Waals surface area contributed by atoms with Crippen molar-refractivity contribution in [3.8, 4) is 5.75 Å². The minimum absolute atomic E-state index is 0.0937. The van der Waals surface area contributed by atoms with Gasteiger partial charge in [-0.15, -0.1) is 0 Å². The smallest absolute Gasteiger partial charge is 0.222 e. The Morgan fingerprint density at radius 1 is 1.25 bits per heavy atom. The molecular weight excluding hydrogens is 215 g/mol. The fourth-order valence-corrected chi connectivity index (χ4v) is 1.31. The Bertz CT molecular complexity index is 374. The Morgan fingerprint density at radius 2 is 1.88 bits per heavy atom. The number of hydrogen-bond acceptors (Lipinski definition) is 4. The monoisotopic (exact) mass is 228 g/mol. The minimum atomic E-state index is -1.06. The first-order chi connectivity index (χ1) is 7.63. The molecule has 0 aliphatic rings. The highest BCUT2D eigenvalue weighted by Gasteiger charge is 2.22. The van der Waals surface area contributed by atoms with Gasteiger partial charge >= 0.3 is 0 Å². The lowest BCUT2D eigenvalue weighted by Gasteiger charge is -2.14. The maximum absolute atomic E-state index is 13.0. The second kappa shape index (κ2) is 5.58. The van der Waals surface area contributed by atoms with Gasteiger partial charge in [0, 0.05) is 14.2 Å². The third-order valence-electron chi connectivity index (χ3n) is 2.07. The Hall–Kier alpha value is -1.46. The Morgan fingerprint density at radius 3 is 2.38 bits per heavy atom. The van der Waals surface area contributed by atoms with E-state index < -0.39 is 17.9 Å². The molecule has 0 saturated carbocycles. The van der Waals surface area contributed by atoms with Crippen molar-refractivity contribution in [3.05, 3.63) is 29.6 Å². The quantitative estimate of drug-likeness (QED) is 0.567. The predicted octanol–water partition coefficient (Wildman–Crippen LogP) is 1.64. The first kappa shape index (κ1) is 12.6. The molecule has 0 spiro atoms. The van der Waals surface area contributed by atoms with Crippen LogP contribution in [0.15, 0.2) is 18.2 Å². The van der Waals surface area contributed by atoms with Crippen molar-refractivity contribution in [2.45, 2.75) is 6.29 Å². The number of benzene rings is 1. The van der Waals surface area contributed by atoms with Crippen LogP contribution in [-0.4, -0.2) is 33.4 Å². The first-order valence-corrected chi connectivity index (χ1v) is 4.57. The fourth-order valence-electron chi connectivity index (χ4n) is 1.31. The molecule has 0 N–H and O–H groups in total. The van der Waals surface area contributed by atoms with Gasteiger partial charge in [-0.1, -0.05) is 0 Å². The van der Waals surface area contributed by atoms with Crippen molar-refractivity contribution in [1.29, 1.82) is 0 Å². The van der Waals surface area contributed by atoms with Gasteiger partial charge in [0.2, 0.25) is 12.1 Å². The second-order valence-electron chi connectivity index (χ2n) is 3.01. The predicted molar refractivity (Wildman–Crippen MR) is 55.1 cm³/mol. The van der Waals surface area contributed by atoms with E-state index >= 15 is 0 Å². The van der Waals surface area contributed by atoms with Gasteiger partial charge in [0.1, 0.15) is 11.6 Å². The van der Waals surface area contributed by atoms with Crippen LogP contribution in [0, 0.1) is 5.82 Å². The van der Waals surface area contributed by atoms with Gasteiger partial charge in [0.15, 0.2) is 0 Å². The van der Waals surface area contributed by atoms with Gasteiger partial charge in [-0.3, -0.25) is 4.79 Å². The highest BCUT2D eigenvalue weighted by molar-refractivity contribution is 6.01. The fraction of sp³-hybridized carbons (Fsp3) is 0.364. The molecule has 0 saturated heterocycles. The zero-order valence-electron chi connectivity index (χ0n) is 9.32. The summed E-state index contributed by atoms with van der Waals surface area (Å²) in [7, 11) is 4.06. The largest absolute Gasteiger partial charge is 0.496 e. The van der Waals surface area contributed by atoms with Gasteiger partial charge in [-0.2, -0.15) is 0 Å². The van der Waals surface area contributed by atoms with E-state index in [4.69, 9.17) is 14.2 Å². The summed E-state index contributed by atoms with van der Waals surface area (Å²) in [5.74, 6) is -0.720. The van der Waals surface area contributed by atoms with Crippen molar-refractivity contribution in [1.82, 2.24) is 0 Å². The number of ether oxygens (including phenoxy) is 3. The molecule has 1 aromatic rings. The zero-order valence-corrected chi connectivity index (χ0v) is 9.32. The van der Waals surface area contributed by atoms with Crippen LogP contribution in [0.4, 0.5) is 4.39 Å². The van der Waals surface area contributed by atoms with E-state index in [1.807, 2.05) is 0 Å². The van der Waals surface area contributed by atoms with Gasteiger partial charge < -0.3 is 14.2 Å². The molecule has 0 amide bonds. The van der Waals surface area contributed by atoms with Crippen LogP contribution in [0.25, 0.3) is 0 Å². The average Bonchev–Trinajstić information content (AvgIpc) is 2.30. The van der Waals surface area contributed by atoms with E-state index in [-0.39, 0.29) is 11.3 Å². The summed E-state index contributed by atoms with van der Waals surface area (Å²) in [6, 6.07) is 3.68. The van der Waals surface area contributed by atoms with E-state index in [1.54, 1.807) is 0 Å². The standard InChI is InChI=1S/C11H13FO4/c1-14-9-5-4-7(12)6-8(9)10(13)11(15-2)16-3/h4-6,11H,1-3H3. The molecule has 88 valence electrons. The minimum Gasteiger partial charge on any atom is -0.496 e. The number of hydrogen-bond donors (Lipinski definition) is 0. The van der Waals surface area contributed by atoms with Crippen LogP contribution in [0.1, 0.15) is 10.4 Å². The maximum atomic E-state index is 13.0. The Labute approximate surface area is 92.9 Å². The van der Waals surface area contributed by atoms with E-state index in [2.05, 4.69) is 0 Å². The summed E-state index contributed by atoms with van der Waals surface area (Å²) < 4.78 is 27.6. The molecule has 5 heteroatoms. The van der Waals surface area contributed by atoms with Crippen LogP contribution < -0.4 is 4.74 Å². The van der Waals surface area contributed by atoms with Crippen LogP contribution >= 0.6 is 0 Å². The van der Waals surface area contributed by atoms with Crippen molar-refractivity contribution >= 4 is 5.78 Å². The maximum Gasteiger partial charge on any atom is 0.222 e. The van der Waals surface area contributed by atoms with Crippen molar-refractivity contribution in [2.24, 2.45) is 0 Å². The van der Waals surface area contributed by atoms with E-state index in [9.17, 15) is 9.18 Å². The lowest BCUT2D eigenvalue weighted by atomic mass is 10.1. The normalized spacial score (nSPS) is 10.6. The Balaban J connectivity index is 3.10. The molecule has 4 nitrogen and oxygen atoms in total. The summed E-state index contributed by atoms with van der Waals surface area (Å²) in [5, 5.41) is 0. The number of Topliss-reactive ketones (excluding diaryl/α,β-unsaturated/α-hetero) is 1. The summed E-state index contributed by atoms with van der Waals surface area (Å²) in [6.45, 7) is 0. The highest BCUT2D eigenvalue weighted by Crippen LogP contribution is 2.21. The van der Waals surface area contributed by atoms with Crippen LogP contribution in [-0.2, 0) is 9.47 Å². The van der Waals surface area contributed by atoms with Crippen molar-refractivity contribution in [3.63, 3.8) is 0 Å². The number of rotatable bonds is 5. The van der Waals surface area contributed by atoms with Gasteiger partial charge in [0.05, 0.1) is 12.7 Å². The molecule has 0 bridgehead atoms. The van der Waals surface area contributed by atoms with Gasteiger partial charge in [-0.05, 0) is 18.2 Å². The third-order valence-corrected chi connectivity index (χ3v) is 2.07. The lowest BCUT2D eigenvalue weighted by Crippen LogP contribution is -2.25. The van der Waals surface area contributed by atoms with Gasteiger partial charge in [-0.25, -0.2) is 4.39 Å². The number of carbonyl (C=O) groups excluding carboxylic acids is 1. The lowest BCUT2D eigenvalue weighted by molar-refractivity contribution is -0.0743. The summed E-state index contributed by atoms with van der Waals surface area (Å²) in [5.41, 5.74) is 0.0937. The summed E-state index contributed by atoms with van der Waals surface area (Å²) in [4.78, 5) is 11.8. The van der Waals surface area contributed by atoms with Crippen LogP contribution in [0.5, 0.6) is 5.75 Å². The number of ketones is 1. The molecule has 16 heavy (non-hydrogen) atoms. The topological polar surface area (TPSA) is 44.8 Å². The number of methoxy groups -OCH3 is 3. The summed E-state index contributed by atoms with van der Waals surface area (Å²) in [6.07, 6.45) is -1.06. The molecule has 0 fully saturated rings. The third kappa shape index (κ3) is 2.56. The van der Waals surface area contributed by atoms with E-state index in [0.717, 1.165) is 6.07 Å². The number of carbonyl (C=O) groups is 1. The van der Waals surface area contributed by atoms with Crippen LogP contribution in [0.2, 0.25) is 0 Å².